The lowest BCUT2D eigenvalue weighted by Crippen LogP contribution is -2.14. The molecule has 0 aliphatic carbocycles. The van der Waals surface area contributed by atoms with Crippen LogP contribution < -0.4 is 5.73 Å². The third-order valence-electron chi connectivity index (χ3n) is 2.37. The Morgan fingerprint density at radius 1 is 1.27 bits per heavy atom. The number of aliphatic hydroxyl groups is 1. The Morgan fingerprint density at radius 3 is 2.80 bits per heavy atom. The maximum atomic E-state index is 8.99. The summed E-state index contributed by atoms with van der Waals surface area (Å²) in [7, 11) is 0. The van der Waals surface area contributed by atoms with Gasteiger partial charge in [0.1, 0.15) is 0 Å². The van der Waals surface area contributed by atoms with E-state index < -0.39 is 0 Å². The van der Waals surface area contributed by atoms with Gasteiger partial charge in [0, 0.05) is 0 Å². The third-order valence-corrected chi connectivity index (χ3v) is 3.05. The van der Waals surface area contributed by atoms with Crippen molar-refractivity contribution >= 4 is 11.3 Å². The maximum absolute atomic E-state index is 8.99. The summed E-state index contributed by atoms with van der Waals surface area (Å²) in [6, 6.07) is 9.78. The van der Waals surface area contributed by atoms with E-state index in [-0.39, 0.29) is 12.6 Å². The minimum Gasteiger partial charge on any atom is -0.394 e. The summed E-state index contributed by atoms with van der Waals surface area (Å²) in [6.45, 7) is -0.0207. The average Bonchev–Trinajstić information content (AvgIpc) is 2.82. The Hall–Kier alpha value is -1.16. The van der Waals surface area contributed by atoms with Gasteiger partial charge in [-0.05, 0) is 39.6 Å². The minimum atomic E-state index is -0.288. The van der Waals surface area contributed by atoms with Crippen molar-refractivity contribution in [2.45, 2.75) is 6.04 Å². The molecule has 1 aromatic heterocycles. The van der Waals surface area contributed by atoms with Gasteiger partial charge in [0.15, 0.2) is 0 Å². The largest absolute Gasteiger partial charge is 0.394 e. The molecule has 0 spiro atoms. The van der Waals surface area contributed by atoms with Crippen LogP contribution in [0.1, 0.15) is 11.6 Å². The topological polar surface area (TPSA) is 46.2 Å². The van der Waals surface area contributed by atoms with E-state index in [4.69, 9.17) is 10.8 Å². The van der Waals surface area contributed by atoms with E-state index in [1.165, 1.54) is 5.56 Å². The average molecular weight is 219 g/mol. The molecule has 78 valence electrons. The molecule has 0 fully saturated rings. The van der Waals surface area contributed by atoms with E-state index in [9.17, 15) is 0 Å². The standard InChI is InChI=1S/C12H13NOS/c13-12(7-14)10-3-1-2-9(6-10)11-4-5-15-8-11/h1-6,8,12,14H,7,13H2/t12-/m0/s1. The van der Waals surface area contributed by atoms with Gasteiger partial charge >= 0.3 is 0 Å². The molecule has 1 heterocycles. The van der Waals surface area contributed by atoms with Crippen molar-refractivity contribution in [2.24, 2.45) is 5.73 Å². The number of thiophene rings is 1. The third kappa shape index (κ3) is 2.26. The summed E-state index contributed by atoms with van der Waals surface area (Å²) >= 11 is 1.67. The van der Waals surface area contributed by atoms with Gasteiger partial charge in [-0.3, -0.25) is 0 Å². The summed E-state index contributed by atoms with van der Waals surface area (Å²) in [5.74, 6) is 0. The van der Waals surface area contributed by atoms with Crippen LogP contribution in [0.25, 0.3) is 11.1 Å². The summed E-state index contributed by atoms with van der Waals surface area (Å²) in [5, 5.41) is 13.1. The van der Waals surface area contributed by atoms with Crippen LogP contribution >= 0.6 is 11.3 Å². The van der Waals surface area contributed by atoms with Crippen LogP contribution in [-0.2, 0) is 0 Å². The molecule has 1 atom stereocenters. The fraction of sp³-hybridized carbons (Fsp3) is 0.167. The van der Waals surface area contributed by atoms with Crippen LogP contribution in [0.4, 0.5) is 0 Å². The highest BCUT2D eigenvalue weighted by Gasteiger charge is 2.05. The van der Waals surface area contributed by atoms with Crippen molar-refractivity contribution in [1.29, 1.82) is 0 Å². The van der Waals surface area contributed by atoms with Crippen LogP contribution in [-0.4, -0.2) is 11.7 Å². The van der Waals surface area contributed by atoms with Crippen molar-refractivity contribution in [3.05, 3.63) is 46.7 Å². The van der Waals surface area contributed by atoms with Gasteiger partial charge in [0.25, 0.3) is 0 Å². The lowest BCUT2D eigenvalue weighted by Gasteiger charge is -2.09. The van der Waals surface area contributed by atoms with Crippen LogP contribution in [0.2, 0.25) is 0 Å². The fourth-order valence-electron chi connectivity index (χ4n) is 1.48. The minimum absolute atomic E-state index is 0.0207. The molecule has 0 amide bonds. The van der Waals surface area contributed by atoms with Crippen molar-refractivity contribution < 1.29 is 5.11 Å². The second-order valence-corrected chi connectivity index (χ2v) is 4.21. The predicted octanol–water partition coefficient (Wildman–Crippen LogP) is 2.41. The Kier molecular flexibility index (Phi) is 3.16. The van der Waals surface area contributed by atoms with Crippen LogP contribution in [0.15, 0.2) is 41.1 Å². The smallest absolute Gasteiger partial charge is 0.0624 e. The Balaban J connectivity index is 2.35. The maximum Gasteiger partial charge on any atom is 0.0624 e. The van der Waals surface area contributed by atoms with E-state index in [0.29, 0.717) is 0 Å². The van der Waals surface area contributed by atoms with Crippen molar-refractivity contribution in [3.63, 3.8) is 0 Å². The number of rotatable bonds is 3. The Labute approximate surface area is 93.0 Å². The van der Waals surface area contributed by atoms with E-state index in [0.717, 1.165) is 11.1 Å². The molecule has 3 N–H and O–H groups in total. The second-order valence-electron chi connectivity index (χ2n) is 3.43. The molecule has 0 unspecified atom stereocenters. The number of benzene rings is 1. The second kappa shape index (κ2) is 4.57. The Bertz CT molecular complexity index is 425. The molecule has 2 nitrogen and oxygen atoms in total. The highest BCUT2D eigenvalue weighted by Crippen LogP contribution is 2.24. The van der Waals surface area contributed by atoms with E-state index in [2.05, 4.69) is 17.5 Å². The van der Waals surface area contributed by atoms with Crippen molar-refractivity contribution in [2.75, 3.05) is 6.61 Å². The predicted molar refractivity (Wildman–Crippen MR) is 63.8 cm³/mol. The zero-order valence-electron chi connectivity index (χ0n) is 8.26. The first-order valence-electron chi connectivity index (χ1n) is 4.80. The zero-order valence-corrected chi connectivity index (χ0v) is 9.08. The number of hydrogen-bond acceptors (Lipinski definition) is 3. The quantitative estimate of drug-likeness (QED) is 0.832. The van der Waals surface area contributed by atoms with E-state index in [1.807, 2.05) is 23.6 Å². The SMILES string of the molecule is N[C@@H](CO)c1cccc(-c2ccsc2)c1. The molecule has 0 aliphatic heterocycles. The first kappa shape index (κ1) is 10.4. The van der Waals surface area contributed by atoms with Crippen molar-refractivity contribution in [3.8, 4) is 11.1 Å². The molecule has 3 heteroatoms. The van der Waals surface area contributed by atoms with Gasteiger partial charge in [-0.1, -0.05) is 18.2 Å². The molecule has 0 saturated heterocycles. The summed E-state index contributed by atoms with van der Waals surface area (Å²) in [5.41, 5.74) is 9.09. The lowest BCUT2D eigenvalue weighted by molar-refractivity contribution is 0.268. The van der Waals surface area contributed by atoms with Gasteiger partial charge in [-0.2, -0.15) is 11.3 Å². The monoisotopic (exact) mass is 219 g/mol. The molecule has 0 aliphatic rings. The number of aliphatic hydroxyl groups excluding tert-OH is 1. The Morgan fingerprint density at radius 2 is 2.13 bits per heavy atom. The van der Waals surface area contributed by atoms with Crippen LogP contribution in [0, 0.1) is 0 Å². The number of nitrogens with two attached hydrogens (primary N) is 1. The van der Waals surface area contributed by atoms with E-state index >= 15 is 0 Å². The molecule has 0 bridgehead atoms. The van der Waals surface area contributed by atoms with Gasteiger partial charge in [-0.25, -0.2) is 0 Å². The van der Waals surface area contributed by atoms with Crippen LogP contribution in [0.5, 0.6) is 0 Å². The zero-order chi connectivity index (χ0) is 10.7. The molecule has 15 heavy (non-hydrogen) atoms. The first-order chi connectivity index (χ1) is 7.31. The molecule has 2 aromatic rings. The van der Waals surface area contributed by atoms with Gasteiger partial charge in [0.05, 0.1) is 12.6 Å². The lowest BCUT2D eigenvalue weighted by atomic mass is 10.0. The summed E-state index contributed by atoms with van der Waals surface area (Å²) in [4.78, 5) is 0. The molecule has 0 saturated carbocycles. The van der Waals surface area contributed by atoms with Gasteiger partial charge in [-0.15, -0.1) is 0 Å². The summed E-state index contributed by atoms with van der Waals surface area (Å²) < 4.78 is 0. The molecule has 1 aromatic carbocycles. The molecule has 0 radical (unpaired) electrons. The summed E-state index contributed by atoms with van der Waals surface area (Å²) in [6.07, 6.45) is 0. The van der Waals surface area contributed by atoms with Gasteiger partial charge in [0.2, 0.25) is 0 Å². The first-order valence-corrected chi connectivity index (χ1v) is 5.74. The van der Waals surface area contributed by atoms with Gasteiger partial charge < -0.3 is 10.8 Å². The van der Waals surface area contributed by atoms with Crippen LogP contribution in [0.3, 0.4) is 0 Å². The highest BCUT2D eigenvalue weighted by molar-refractivity contribution is 7.08. The normalized spacial score (nSPS) is 12.7. The molecular formula is C12H13NOS. The molecular weight excluding hydrogens is 206 g/mol. The molecule has 2 rings (SSSR count). The van der Waals surface area contributed by atoms with Crippen molar-refractivity contribution in [1.82, 2.24) is 0 Å². The highest BCUT2D eigenvalue weighted by atomic mass is 32.1. The number of hydrogen-bond donors (Lipinski definition) is 2. The fourth-order valence-corrected chi connectivity index (χ4v) is 2.15. The van der Waals surface area contributed by atoms with E-state index in [1.54, 1.807) is 11.3 Å².